The van der Waals surface area contributed by atoms with Gasteiger partial charge in [0, 0.05) is 18.5 Å². The van der Waals surface area contributed by atoms with E-state index < -0.39 is 30.1 Å². The number of carboxylic acid groups (broad SMARTS) is 1. The highest BCUT2D eigenvalue weighted by atomic mass is 32.2. The summed E-state index contributed by atoms with van der Waals surface area (Å²) in [6.07, 6.45) is 1.34. The van der Waals surface area contributed by atoms with Gasteiger partial charge in [-0.15, -0.1) is 0 Å². The number of thioether (sulfide) groups is 1. The van der Waals surface area contributed by atoms with Crippen molar-refractivity contribution in [1.29, 1.82) is 0 Å². The number of hydrogen-bond donors (Lipinski definition) is 2. The summed E-state index contributed by atoms with van der Waals surface area (Å²) in [6, 6.07) is 6.04. The number of rotatable bonds is 6. The van der Waals surface area contributed by atoms with Crippen molar-refractivity contribution in [1.82, 2.24) is 10.2 Å². The zero-order valence-electron chi connectivity index (χ0n) is 12.3. The van der Waals surface area contributed by atoms with E-state index in [9.17, 15) is 18.8 Å². The quantitative estimate of drug-likeness (QED) is 0.586. The van der Waals surface area contributed by atoms with Crippen LogP contribution in [0.5, 0.6) is 0 Å². The molecule has 1 aliphatic rings. The van der Waals surface area contributed by atoms with E-state index in [4.69, 9.17) is 17.3 Å². The average molecular weight is 368 g/mol. The van der Waals surface area contributed by atoms with Crippen LogP contribution in [0.4, 0.5) is 4.39 Å². The number of thiocarbonyl (C=S) groups is 1. The van der Waals surface area contributed by atoms with Crippen LogP contribution in [-0.4, -0.2) is 45.2 Å². The summed E-state index contributed by atoms with van der Waals surface area (Å²) < 4.78 is 13.9. The lowest BCUT2D eigenvalue weighted by atomic mass is 10.2. The van der Waals surface area contributed by atoms with Crippen molar-refractivity contribution >= 4 is 52.2 Å². The van der Waals surface area contributed by atoms with E-state index in [1.165, 1.54) is 17.0 Å². The van der Waals surface area contributed by atoms with Gasteiger partial charge in [0.25, 0.3) is 5.91 Å². The van der Waals surface area contributed by atoms with Gasteiger partial charge in [0.05, 0.1) is 4.91 Å². The number of halogens is 1. The fraction of sp³-hybridized carbons (Fsp3) is 0.200. The van der Waals surface area contributed by atoms with E-state index >= 15 is 0 Å². The highest BCUT2D eigenvalue weighted by molar-refractivity contribution is 8.26. The van der Waals surface area contributed by atoms with Gasteiger partial charge in [-0.25, -0.2) is 4.39 Å². The third kappa shape index (κ3) is 4.62. The van der Waals surface area contributed by atoms with Gasteiger partial charge < -0.3 is 10.4 Å². The summed E-state index contributed by atoms with van der Waals surface area (Å²) in [5.41, 5.74) is 0.275. The molecule has 1 fully saturated rings. The first kappa shape index (κ1) is 18.1. The van der Waals surface area contributed by atoms with Crippen LogP contribution in [0.15, 0.2) is 29.2 Å². The monoisotopic (exact) mass is 368 g/mol. The van der Waals surface area contributed by atoms with Gasteiger partial charge in [-0.05, 0) is 12.1 Å². The fourth-order valence-electron chi connectivity index (χ4n) is 1.90. The van der Waals surface area contributed by atoms with Gasteiger partial charge in [0.2, 0.25) is 5.91 Å². The van der Waals surface area contributed by atoms with Crippen LogP contribution >= 0.6 is 24.0 Å². The van der Waals surface area contributed by atoms with E-state index in [1.54, 1.807) is 18.2 Å². The fourth-order valence-corrected chi connectivity index (χ4v) is 3.20. The molecule has 0 unspecified atom stereocenters. The molecular weight excluding hydrogens is 355 g/mol. The molecule has 2 N–H and O–H groups in total. The van der Waals surface area contributed by atoms with Crippen molar-refractivity contribution in [3.05, 3.63) is 40.6 Å². The first-order chi connectivity index (χ1) is 11.4. The van der Waals surface area contributed by atoms with Crippen LogP contribution < -0.4 is 5.32 Å². The molecule has 0 aromatic heterocycles. The molecule has 2 rings (SSSR count). The summed E-state index contributed by atoms with van der Waals surface area (Å²) in [4.78, 5) is 35.7. The summed E-state index contributed by atoms with van der Waals surface area (Å²) >= 11 is 6.14. The smallest absolute Gasteiger partial charge is 0.322 e. The minimum atomic E-state index is -1.15. The highest BCUT2D eigenvalue weighted by Gasteiger charge is 2.32. The molecule has 9 heteroatoms. The molecule has 24 heavy (non-hydrogen) atoms. The van der Waals surface area contributed by atoms with Crippen molar-refractivity contribution in [3.63, 3.8) is 0 Å². The number of hydrogen-bond acceptors (Lipinski definition) is 5. The summed E-state index contributed by atoms with van der Waals surface area (Å²) in [7, 11) is 0. The lowest BCUT2D eigenvalue weighted by Crippen LogP contribution is -2.35. The van der Waals surface area contributed by atoms with Crippen molar-refractivity contribution in [3.8, 4) is 0 Å². The molecule has 0 radical (unpaired) electrons. The Labute approximate surface area is 146 Å². The minimum Gasteiger partial charge on any atom is -0.480 e. The maximum Gasteiger partial charge on any atom is 0.322 e. The first-order valence-corrected chi connectivity index (χ1v) is 8.09. The zero-order valence-corrected chi connectivity index (χ0v) is 14.0. The van der Waals surface area contributed by atoms with Crippen molar-refractivity contribution < 1.29 is 23.9 Å². The van der Waals surface area contributed by atoms with E-state index in [-0.39, 0.29) is 27.8 Å². The molecule has 1 aromatic carbocycles. The largest absolute Gasteiger partial charge is 0.480 e. The Morgan fingerprint density at radius 1 is 1.38 bits per heavy atom. The molecule has 0 bridgehead atoms. The van der Waals surface area contributed by atoms with Crippen LogP contribution in [0, 0.1) is 5.82 Å². The highest BCUT2D eigenvalue weighted by Crippen LogP contribution is 2.32. The molecule has 1 saturated heterocycles. The Morgan fingerprint density at radius 3 is 2.75 bits per heavy atom. The molecule has 1 aromatic rings. The second-order valence-electron chi connectivity index (χ2n) is 4.78. The van der Waals surface area contributed by atoms with Crippen LogP contribution in [-0.2, 0) is 14.4 Å². The van der Waals surface area contributed by atoms with Gasteiger partial charge in [-0.2, -0.15) is 0 Å². The number of carbonyl (C=O) groups is 3. The van der Waals surface area contributed by atoms with E-state index in [2.05, 4.69) is 5.32 Å². The van der Waals surface area contributed by atoms with Crippen molar-refractivity contribution in [2.24, 2.45) is 0 Å². The van der Waals surface area contributed by atoms with Crippen molar-refractivity contribution in [2.45, 2.75) is 6.42 Å². The Kier molecular flexibility index (Phi) is 6.04. The molecule has 0 spiro atoms. The van der Waals surface area contributed by atoms with Gasteiger partial charge in [0.1, 0.15) is 16.7 Å². The van der Waals surface area contributed by atoms with E-state index in [1.807, 2.05) is 0 Å². The molecule has 1 heterocycles. The molecule has 0 saturated carbocycles. The van der Waals surface area contributed by atoms with E-state index in [0.717, 1.165) is 11.8 Å². The number of nitrogens with zero attached hydrogens (tertiary/aromatic N) is 1. The molecule has 6 nitrogen and oxygen atoms in total. The van der Waals surface area contributed by atoms with Crippen molar-refractivity contribution in [2.75, 3.05) is 13.1 Å². The van der Waals surface area contributed by atoms with Crippen LogP contribution in [0.2, 0.25) is 0 Å². The normalized spacial score (nSPS) is 15.9. The maximum atomic E-state index is 13.7. The molecule has 126 valence electrons. The number of carboxylic acids is 1. The Hall–Kier alpha value is -2.26. The third-order valence-electron chi connectivity index (χ3n) is 3.06. The molecule has 2 amide bonds. The minimum absolute atomic E-state index is 0.0325. The summed E-state index contributed by atoms with van der Waals surface area (Å²) in [6.45, 7) is -0.449. The Morgan fingerprint density at radius 2 is 2.08 bits per heavy atom. The van der Waals surface area contributed by atoms with Crippen LogP contribution in [0.3, 0.4) is 0 Å². The second kappa shape index (κ2) is 8.02. The van der Waals surface area contributed by atoms with Gasteiger partial charge >= 0.3 is 5.97 Å². The Balaban J connectivity index is 2.00. The lowest BCUT2D eigenvalue weighted by molar-refractivity contribution is -0.138. The number of amides is 2. The number of carbonyl (C=O) groups excluding carboxylic acids is 2. The van der Waals surface area contributed by atoms with E-state index in [0.29, 0.717) is 0 Å². The predicted octanol–water partition coefficient (Wildman–Crippen LogP) is 1.62. The maximum absolute atomic E-state index is 13.7. The number of nitrogens with one attached hydrogen (secondary N) is 1. The summed E-state index contributed by atoms with van der Waals surface area (Å²) in [5.74, 6) is -2.50. The molecule has 0 atom stereocenters. The van der Waals surface area contributed by atoms with Gasteiger partial charge in [0.15, 0.2) is 0 Å². The van der Waals surface area contributed by atoms with Gasteiger partial charge in [-0.3, -0.25) is 19.3 Å². The standard InChI is InChI=1S/C15H13FN2O4S2/c16-10-4-2-1-3-9(10)7-11-14(22)18(15(23)24-11)6-5-12(19)17-8-13(20)21/h1-4,7H,5-6,8H2,(H,17,19)(H,20,21)/b11-7-. The van der Waals surface area contributed by atoms with Gasteiger partial charge in [-0.1, -0.05) is 42.2 Å². The van der Waals surface area contributed by atoms with Crippen LogP contribution in [0.1, 0.15) is 12.0 Å². The Bertz CT molecular complexity index is 736. The first-order valence-electron chi connectivity index (χ1n) is 6.87. The molecule has 1 aliphatic heterocycles. The summed E-state index contributed by atoms with van der Waals surface area (Å²) in [5, 5.41) is 10.7. The zero-order chi connectivity index (χ0) is 17.7. The number of benzene rings is 1. The lowest BCUT2D eigenvalue weighted by Gasteiger charge is -2.13. The second-order valence-corrected chi connectivity index (χ2v) is 6.45. The number of aliphatic carboxylic acids is 1. The topological polar surface area (TPSA) is 86.7 Å². The third-order valence-corrected chi connectivity index (χ3v) is 4.44. The molecule has 0 aliphatic carbocycles. The van der Waals surface area contributed by atoms with Crippen LogP contribution in [0.25, 0.3) is 6.08 Å². The average Bonchev–Trinajstić information content (AvgIpc) is 2.79. The SMILES string of the molecule is O=C(O)CNC(=O)CCN1C(=O)/C(=C/c2ccccc2F)SC1=S. The molecular formula is C15H13FN2O4S2. The predicted molar refractivity (Wildman–Crippen MR) is 91.5 cm³/mol.